The lowest BCUT2D eigenvalue weighted by molar-refractivity contribution is 0.180. The fraction of sp³-hybridized carbons (Fsp3) is 0.429. The van der Waals surface area contributed by atoms with E-state index in [1.165, 1.54) is 0 Å². The number of benzene rings is 1. The number of ether oxygens (including phenoxy) is 2. The van der Waals surface area contributed by atoms with E-state index in [-0.39, 0.29) is 6.10 Å². The van der Waals surface area contributed by atoms with E-state index in [1.807, 2.05) is 57.2 Å². The molecule has 152 valence electrons. The maximum atomic E-state index is 10.4. The Labute approximate surface area is 166 Å². The highest BCUT2D eigenvalue weighted by Crippen LogP contribution is 2.18. The van der Waals surface area contributed by atoms with E-state index in [0.717, 1.165) is 17.0 Å². The molecule has 28 heavy (non-hydrogen) atoms. The van der Waals surface area contributed by atoms with Gasteiger partial charge < -0.3 is 25.2 Å². The molecule has 2 aromatic rings. The second-order valence-electron chi connectivity index (χ2n) is 6.50. The van der Waals surface area contributed by atoms with Crippen LogP contribution in [-0.2, 0) is 6.54 Å². The molecule has 1 aromatic heterocycles. The second kappa shape index (κ2) is 11.1. The lowest BCUT2D eigenvalue weighted by atomic mass is 10.1. The predicted molar refractivity (Wildman–Crippen MR) is 111 cm³/mol. The molecule has 1 unspecified atom stereocenters. The molecule has 2 rings (SSSR count). The summed E-state index contributed by atoms with van der Waals surface area (Å²) < 4.78 is 10.8. The van der Waals surface area contributed by atoms with Crippen molar-refractivity contribution in [1.82, 2.24) is 15.6 Å². The summed E-state index contributed by atoms with van der Waals surface area (Å²) >= 11 is 0. The number of guanidine groups is 1. The van der Waals surface area contributed by atoms with Crippen LogP contribution < -0.4 is 20.1 Å². The lowest BCUT2D eigenvalue weighted by Crippen LogP contribution is -2.39. The average Bonchev–Trinajstić information content (AvgIpc) is 2.70. The Morgan fingerprint density at radius 2 is 1.89 bits per heavy atom. The van der Waals surface area contributed by atoms with Crippen molar-refractivity contribution in [2.45, 2.75) is 39.5 Å². The van der Waals surface area contributed by atoms with Crippen LogP contribution in [0.5, 0.6) is 11.6 Å². The Hall–Kier alpha value is -2.80. The van der Waals surface area contributed by atoms with Crippen molar-refractivity contribution in [2.75, 3.05) is 20.2 Å². The second-order valence-corrected chi connectivity index (χ2v) is 6.50. The number of aliphatic imine (C=N–C) groups is 1. The van der Waals surface area contributed by atoms with Gasteiger partial charge in [0.2, 0.25) is 5.88 Å². The predicted octanol–water partition coefficient (Wildman–Crippen LogP) is 2.67. The molecule has 0 bridgehead atoms. The van der Waals surface area contributed by atoms with Crippen LogP contribution in [0.4, 0.5) is 0 Å². The van der Waals surface area contributed by atoms with Gasteiger partial charge in [-0.05, 0) is 44.5 Å². The lowest BCUT2D eigenvalue weighted by Gasteiger charge is -2.16. The van der Waals surface area contributed by atoms with Gasteiger partial charge in [0.1, 0.15) is 5.75 Å². The molecule has 0 amide bonds. The van der Waals surface area contributed by atoms with Crippen molar-refractivity contribution in [3.63, 3.8) is 0 Å². The molecule has 7 heteroatoms. The number of nitrogens with one attached hydrogen (secondary N) is 2. The van der Waals surface area contributed by atoms with E-state index in [2.05, 4.69) is 20.6 Å². The number of methoxy groups -OCH3 is 1. The Bertz CT molecular complexity index is 748. The number of nitrogens with zero attached hydrogens (tertiary/aromatic N) is 2. The highest BCUT2D eigenvalue weighted by molar-refractivity contribution is 5.79. The van der Waals surface area contributed by atoms with Crippen LogP contribution in [0.15, 0.2) is 47.5 Å². The minimum atomic E-state index is -0.660. The van der Waals surface area contributed by atoms with Crippen LogP contribution in [0.1, 0.15) is 38.1 Å². The molecule has 0 fully saturated rings. The van der Waals surface area contributed by atoms with E-state index >= 15 is 0 Å². The van der Waals surface area contributed by atoms with Crippen molar-refractivity contribution >= 4 is 5.96 Å². The molecular formula is C21H30N4O3. The van der Waals surface area contributed by atoms with Gasteiger partial charge in [-0.25, -0.2) is 9.98 Å². The van der Waals surface area contributed by atoms with Crippen molar-refractivity contribution in [3.05, 3.63) is 53.7 Å². The van der Waals surface area contributed by atoms with Gasteiger partial charge in [0, 0.05) is 19.2 Å². The van der Waals surface area contributed by atoms with E-state index < -0.39 is 6.10 Å². The average molecular weight is 386 g/mol. The molecule has 0 aliphatic heterocycles. The van der Waals surface area contributed by atoms with Gasteiger partial charge in [0.25, 0.3) is 0 Å². The summed E-state index contributed by atoms with van der Waals surface area (Å²) in [5, 5.41) is 16.8. The van der Waals surface area contributed by atoms with Gasteiger partial charge in [-0.3, -0.25) is 0 Å². The highest BCUT2D eigenvalue weighted by atomic mass is 16.5. The molecule has 0 saturated heterocycles. The third-order valence-corrected chi connectivity index (χ3v) is 3.83. The number of hydrogen-bond acceptors (Lipinski definition) is 5. The molecule has 3 N–H and O–H groups in total. The first-order valence-corrected chi connectivity index (χ1v) is 9.48. The maximum Gasteiger partial charge on any atom is 0.213 e. The van der Waals surface area contributed by atoms with E-state index in [9.17, 15) is 5.11 Å². The highest BCUT2D eigenvalue weighted by Gasteiger charge is 2.09. The number of pyridine rings is 1. The molecule has 1 heterocycles. The van der Waals surface area contributed by atoms with E-state index in [1.54, 1.807) is 13.2 Å². The van der Waals surface area contributed by atoms with Crippen LogP contribution in [0.2, 0.25) is 0 Å². The smallest absolute Gasteiger partial charge is 0.213 e. The summed E-state index contributed by atoms with van der Waals surface area (Å²) in [4.78, 5) is 8.87. The van der Waals surface area contributed by atoms with Crippen molar-refractivity contribution in [2.24, 2.45) is 4.99 Å². The first kappa shape index (κ1) is 21.5. The monoisotopic (exact) mass is 386 g/mol. The third kappa shape index (κ3) is 7.08. The van der Waals surface area contributed by atoms with Crippen LogP contribution in [-0.4, -0.2) is 42.4 Å². The van der Waals surface area contributed by atoms with Gasteiger partial charge >= 0.3 is 0 Å². The number of hydrogen-bond donors (Lipinski definition) is 3. The molecule has 0 spiro atoms. The molecule has 7 nitrogen and oxygen atoms in total. The number of aliphatic hydroxyl groups excluding tert-OH is 1. The summed E-state index contributed by atoms with van der Waals surface area (Å²) in [6.45, 7) is 7.41. The minimum absolute atomic E-state index is 0.121. The topological polar surface area (TPSA) is 88.0 Å². The largest absolute Gasteiger partial charge is 0.491 e. The minimum Gasteiger partial charge on any atom is -0.491 e. The van der Waals surface area contributed by atoms with Gasteiger partial charge in [-0.15, -0.1) is 0 Å². The zero-order chi connectivity index (χ0) is 20.4. The summed E-state index contributed by atoms with van der Waals surface area (Å²) in [6.07, 6.45) is -0.540. The fourth-order valence-corrected chi connectivity index (χ4v) is 2.51. The molecule has 0 radical (unpaired) electrons. The van der Waals surface area contributed by atoms with Crippen LogP contribution in [0, 0.1) is 0 Å². The summed E-state index contributed by atoms with van der Waals surface area (Å²) in [7, 11) is 1.59. The zero-order valence-electron chi connectivity index (χ0n) is 17.0. The zero-order valence-corrected chi connectivity index (χ0v) is 17.0. The number of rotatable bonds is 9. The van der Waals surface area contributed by atoms with Crippen molar-refractivity contribution < 1.29 is 14.6 Å². The quantitative estimate of drug-likeness (QED) is 0.454. The number of aromatic nitrogens is 1. The normalized spacial score (nSPS) is 12.6. The first-order chi connectivity index (χ1) is 13.5. The first-order valence-electron chi connectivity index (χ1n) is 9.48. The molecule has 0 aliphatic rings. The SMILES string of the molecule is CCNC(=NCc1cccc(OC)n1)NCC(O)c1ccc(OC(C)C)cc1. The van der Waals surface area contributed by atoms with Crippen LogP contribution in [0.3, 0.4) is 0 Å². The molecule has 1 atom stereocenters. The molecule has 0 saturated carbocycles. The Morgan fingerprint density at radius 1 is 1.14 bits per heavy atom. The van der Waals surface area contributed by atoms with Gasteiger partial charge in [0.15, 0.2) is 5.96 Å². The fourth-order valence-electron chi connectivity index (χ4n) is 2.51. The molecule has 0 aliphatic carbocycles. The third-order valence-electron chi connectivity index (χ3n) is 3.83. The standard InChI is InChI=1S/C21H30N4O3/c1-5-22-21(23-13-17-7-6-8-20(25-17)27-4)24-14-19(26)16-9-11-18(12-10-16)28-15(2)3/h6-12,15,19,26H,5,13-14H2,1-4H3,(H2,22,23,24). The van der Waals surface area contributed by atoms with Crippen molar-refractivity contribution in [3.8, 4) is 11.6 Å². The van der Waals surface area contributed by atoms with E-state index in [0.29, 0.717) is 31.5 Å². The Balaban J connectivity index is 1.93. The maximum absolute atomic E-state index is 10.4. The van der Waals surface area contributed by atoms with Gasteiger partial charge in [0.05, 0.1) is 31.6 Å². The van der Waals surface area contributed by atoms with Gasteiger partial charge in [-0.2, -0.15) is 0 Å². The summed E-state index contributed by atoms with van der Waals surface area (Å²) in [5.41, 5.74) is 1.62. The Kier molecular flexibility index (Phi) is 8.55. The van der Waals surface area contributed by atoms with Crippen LogP contribution in [0.25, 0.3) is 0 Å². The Morgan fingerprint density at radius 3 is 2.54 bits per heavy atom. The van der Waals surface area contributed by atoms with Gasteiger partial charge in [-0.1, -0.05) is 18.2 Å². The van der Waals surface area contributed by atoms with Crippen molar-refractivity contribution in [1.29, 1.82) is 0 Å². The number of aliphatic hydroxyl groups is 1. The van der Waals surface area contributed by atoms with Crippen LogP contribution >= 0.6 is 0 Å². The summed E-state index contributed by atoms with van der Waals surface area (Å²) in [5.74, 6) is 1.97. The summed E-state index contributed by atoms with van der Waals surface area (Å²) in [6, 6.07) is 13.0. The molecular weight excluding hydrogens is 356 g/mol. The molecule has 1 aromatic carbocycles. The van der Waals surface area contributed by atoms with E-state index in [4.69, 9.17) is 9.47 Å².